The molecular weight excluding hydrogens is 336 g/mol. The Morgan fingerprint density at radius 3 is 2.50 bits per heavy atom. The minimum atomic E-state index is -0.0836. The van der Waals surface area contributed by atoms with E-state index in [0.29, 0.717) is 4.88 Å². The Kier molecular flexibility index (Phi) is 5.23. The molecule has 0 unspecified atom stereocenters. The van der Waals surface area contributed by atoms with E-state index in [4.69, 9.17) is 0 Å². The second kappa shape index (κ2) is 7.55. The lowest BCUT2D eigenvalue weighted by Gasteiger charge is -2.07. The highest BCUT2D eigenvalue weighted by molar-refractivity contribution is 7.99. The van der Waals surface area contributed by atoms with Crippen molar-refractivity contribution < 1.29 is 4.79 Å². The molecule has 2 N–H and O–H groups in total. The summed E-state index contributed by atoms with van der Waals surface area (Å²) in [6.45, 7) is 2.07. The van der Waals surface area contributed by atoms with Crippen LogP contribution in [0.15, 0.2) is 60.0 Å². The van der Waals surface area contributed by atoms with E-state index < -0.39 is 0 Å². The van der Waals surface area contributed by atoms with Gasteiger partial charge in [0.25, 0.3) is 5.91 Å². The number of hydrogen-bond acceptors (Lipinski definition) is 4. The maximum atomic E-state index is 12.5. The molecule has 3 rings (SSSR count). The molecule has 24 heavy (non-hydrogen) atoms. The highest BCUT2D eigenvalue weighted by atomic mass is 32.2. The molecule has 0 saturated heterocycles. The van der Waals surface area contributed by atoms with E-state index in [1.807, 2.05) is 42.0 Å². The van der Waals surface area contributed by atoms with E-state index in [1.54, 1.807) is 0 Å². The van der Waals surface area contributed by atoms with Crippen LogP contribution in [-0.2, 0) is 0 Å². The molecule has 0 atom stereocenters. The predicted octanol–water partition coefficient (Wildman–Crippen LogP) is 5.67. The number of carbonyl (C=O) groups is 1. The standard InChI is InChI=1S/C19H18N2OS2/c1-13-6-8-14(9-7-13)15-10-18(24-12-15)19(22)20-16-4-3-5-17(11-16)21-23-2/h3-12,21H,1-2H3,(H,20,22). The first kappa shape index (κ1) is 16.6. The molecule has 3 aromatic rings. The molecule has 1 heterocycles. The fourth-order valence-electron chi connectivity index (χ4n) is 2.32. The molecular formula is C19H18N2OS2. The molecule has 0 aliphatic heterocycles. The van der Waals surface area contributed by atoms with Gasteiger partial charge in [-0.2, -0.15) is 0 Å². The number of amides is 1. The van der Waals surface area contributed by atoms with Crippen LogP contribution >= 0.6 is 23.3 Å². The molecule has 0 radical (unpaired) electrons. The van der Waals surface area contributed by atoms with Crippen molar-refractivity contribution in [1.29, 1.82) is 0 Å². The summed E-state index contributed by atoms with van der Waals surface area (Å²) in [4.78, 5) is 13.2. The van der Waals surface area contributed by atoms with E-state index in [0.717, 1.165) is 22.5 Å². The smallest absolute Gasteiger partial charge is 0.265 e. The van der Waals surface area contributed by atoms with E-state index >= 15 is 0 Å². The van der Waals surface area contributed by atoms with Crippen molar-refractivity contribution in [3.05, 3.63) is 70.4 Å². The van der Waals surface area contributed by atoms with Crippen LogP contribution in [0.5, 0.6) is 0 Å². The Balaban J connectivity index is 1.74. The fraction of sp³-hybridized carbons (Fsp3) is 0.105. The van der Waals surface area contributed by atoms with Gasteiger partial charge in [-0.05, 0) is 47.7 Å². The Morgan fingerprint density at radius 2 is 1.75 bits per heavy atom. The third-order valence-corrected chi connectivity index (χ3v) is 4.92. The van der Waals surface area contributed by atoms with Gasteiger partial charge in [0.15, 0.2) is 0 Å². The highest BCUT2D eigenvalue weighted by Crippen LogP contribution is 2.27. The van der Waals surface area contributed by atoms with Crippen molar-refractivity contribution in [1.82, 2.24) is 0 Å². The first-order chi connectivity index (χ1) is 11.7. The largest absolute Gasteiger partial charge is 0.330 e. The van der Waals surface area contributed by atoms with Crippen molar-refractivity contribution in [3.63, 3.8) is 0 Å². The number of rotatable bonds is 5. The van der Waals surface area contributed by atoms with Crippen LogP contribution < -0.4 is 10.0 Å². The van der Waals surface area contributed by atoms with Gasteiger partial charge < -0.3 is 10.0 Å². The highest BCUT2D eigenvalue weighted by Gasteiger charge is 2.11. The van der Waals surface area contributed by atoms with Crippen LogP contribution in [0, 0.1) is 6.92 Å². The van der Waals surface area contributed by atoms with Crippen LogP contribution in [-0.4, -0.2) is 12.2 Å². The third-order valence-electron chi connectivity index (χ3n) is 3.55. The molecule has 0 aliphatic rings. The number of thiophene rings is 1. The lowest BCUT2D eigenvalue weighted by Crippen LogP contribution is -2.10. The summed E-state index contributed by atoms with van der Waals surface area (Å²) in [5.74, 6) is -0.0836. The molecule has 0 spiro atoms. The Bertz CT molecular complexity index is 841. The minimum absolute atomic E-state index is 0.0836. The molecule has 2 aromatic carbocycles. The summed E-state index contributed by atoms with van der Waals surface area (Å²) in [5.41, 5.74) is 5.17. The number of hydrogen-bond donors (Lipinski definition) is 2. The molecule has 0 aliphatic carbocycles. The van der Waals surface area contributed by atoms with Gasteiger partial charge in [-0.15, -0.1) is 11.3 Å². The zero-order valence-electron chi connectivity index (χ0n) is 13.5. The van der Waals surface area contributed by atoms with Crippen LogP contribution in [0.2, 0.25) is 0 Å². The van der Waals surface area contributed by atoms with E-state index in [2.05, 4.69) is 41.2 Å². The Labute approximate surface area is 150 Å². The van der Waals surface area contributed by atoms with Gasteiger partial charge in [-0.25, -0.2) is 0 Å². The Hall–Kier alpha value is -2.24. The molecule has 5 heteroatoms. The van der Waals surface area contributed by atoms with Crippen molar-refractivity contribution >= 4 is 40.6 Å². The summed E-state index contributed by atoms with van der Waals surface area (Å²) in [6, 6.07) is 17.9. The van der Waals surface area contributed by atoms with Gasteiger partial charge in [0, 0.05) is 17.6 Å². The number of anilines is 2. The van der Waals surface area contributed by atoms with Crippen molar-refractivity contribution in [2.24, 2.45) is 0 Å². The quantitative estimate of drug-likeness (QED) is 0.580. The predicted molar refractivity (Wildman–Crippen MR) is 106 cm³/mol. The van der Waals surface area contributed by atoms with Gasteiger partial charge in [-0.3, -0.25) is 4.79 Å². The molecule has 3 nitrogen and oxygen atoms in total. The third kappa shape index (κ3) is 3.99. The van der Waals surface area contributed by atoms with Crippen LogP contribution in [0.3, 0.4) is 0 Å². The Morgan fingerprint density at radius 1 is 1.00 bits per heavy atom. The SMILES string of the molecule is CSNc1cccc(NC(=O)c2cc(-c3ccc(C)cc3)cs2)c1. The zero-order chi connectivity index (χ0) is 16.9. The lowest BCUT2D eigenvalue weighted by atomic mass is 10.1. The van der Waals surface area contributed by atoms with Gasteiger partial charge in [-0.1, -0.05) is 47.8 Å². The van der Waals surface area contributed by atoms with Crippen LogP contribution in [0.1, 0.15) is 15.2 Å². The van der Waals surface area contributed by atoms with E-state index in [-0.39, 0.29) is 5.91 Å². The second-order valence-corrected chi connectivity index (χ2v) is 6.93. The maximum absolute atomic E-state index is 12.5. The van der Waals surface area contributed by atoms with Gasteiger partial charge in [0.05, 0.1) is 4.88 Å². The number of carbonyl (C=O) groups excluding carboxylic acids is 1. The topological polar surface area (TPSA) is 41.1 Å². The average molecular weight is 354 g/mol. The summed E-state index contributed by atoms with van der Waals surface area (Å²) in [5, 5.41) is 4.97. The summed E-state index contributed by atoms with van der Waals surface area (Å²) < 4.78 is 3.16. The summed E-state index contributed by atoms with van der Waals surface area (Å²) in [7, 11) is 0. The second-order valence-electron chi connectivity index (χ2n) is 5.41. The van der Waals surface area contributed by atoms with Crippen LogP contribution in [0.25, 0.3) is 11.1 Å². The summed E-state index contributed by atoms with van der Waals surface area (Å²) in [6.07, 6.45) is 1.96. The first-order valence-electron chi connectivity index (χ1n) is 7.52. The molecule has 1 aromatic heterocycles. The monoisotopic (exact) mass is 354 g/mol. The fourth-order valence-corrected chi connectivity index (χ4v) is 3.50. The molecule has 0 bridgehead atoms. The van der Waals surface area contributed by atoms with Crippen molar-refractivity contribution in [2.45, 2.75) is 6.92 Å². The first-order valence-corrected chi connectivity index (χ1v) is 9.62. The van der Waals surface area contributed by atoms with Gasteiger partial charge in [0.1, 0.15) is 0 Å². The molecule has 0 saturated carbocycles. The lowest BCUT2D eigenvalue weighted by molar-refractivity contribution is 0.103. The number of benzene rings is 2. The minimum Gasteiger partial charge on any atom is -0.330 e. The van der Waals surface area contributed by atoms with Gasteiger partial charge in [0.2, 0.25) is 0 Å². The van der Waals surface area contributed by atoms with E-state index in [1.165, 1.54) is 28.8 Å². The summed E-state index contributed by atoms with van der Waals surface area (Å²) >= 11 is 2.98. The zero-order valence-corrected chi connectivity index (χ0v) is 15.1. The van der Waals surface area contributed by atoms with Crippen LogP contribution in [0.4, 0.5) is 11.4 Å². The molecule has 0 fully saturated rings. The van der Waals surface area contributed by atoms with Gasteiger partial charge >= 0.3 is 0 Å². The maximum Gasteiger partial charge on any atom is 0.265 e. The normalized spacial score (nSPS) is 10.4. The van der Waals surface area contributed by atoms with Crippen molar-refractivity contribution in [2.75, 3.05) is 16.3 Å². The number of aryl methyl sites for hydroxylation is 1. The molecule has 122 valence electrons. The van der Waals surface area contributed by atoms with Crippen molar-refractivity contribution in [3.8, 4) is 11.1 Å². The molecule has 1 amide bonds. The average Bonchev–Trinajstić information content (AvgIpc) is 3.06. The van der Waals surface area contributed by atoms with E-state index in [9.17, 15) is 4.79 Å². The number of nitrogens with one attached hydrogen (secondary N) is 2.